The molecule has 4 aromatic rings. The summed E-state index contributed by atoms with van der Waals surface area (Å²) in [6.07, 6.45) is 0. The van der Waals surface area contributed by atoms with Crippen molar-refractivity contribution in [3.8, 4) is 34.3 Å². The molecule has 25 heavy (non-hydrogen) atoms. The van der Waals surface area contributed by atoms with Crippen molar-refractivity contribution in [2.45, 2.75) is 0 Å². The van der Waals surface area contributed by atoms with Gasteiger partial charge in [0.05, 0.1) is 0 Å². The maximum atomic E-state index is 12.5. The van der Waals surface area contributed by atoms with Crippen LogP contribution in [0, 0.1) is 0 Å². The summed E-state index contributed by atoms with van der Waals surface area (Å²) in [5, 5.41) is 40.5. The Morgan fingerprint density at radius 2 is 1.44 bits per heavy atom. The molecule has 124 valence electrons. The van der Waals surface area contributed by atoms with Gasteiger partial charge in [0.25, 0.3) is 0 Å². The van der Waals surface area contributed by atoms with Gasteiger partial charge in [-0.3, -0.25) is 4.79 Å². The molecule has 0 aliphatic heterocycles. The first-order valence-electron chi connectivity index (χ1n) is 7.40. The van der Waals surface area contributed by atoms with Gasteiger partial charge < -0.3 is 24.8 Å². The van der Waals surface area contributed by atoms with E-state index < -0.39 is 5.43 Å². The fraction of sp³-hybridized carbons (Fsp3) is 0. The Morgan fingerprint density at radius 1 is 0.760 bits per heavy atom. The van der Waals surface area contributed by atoms with E-state index in [0.717, 1.165) is 6.07 Å². The van der Waals surface area contributed by atoms with Crippen LogP contribution in [0.1, 0.15) is 0 Å². The summed E-state index contributed by atoms with van der Waals surface area (Å²) in [5.41, 5.74) is -0.352. The molecule has 0 bridgehead atoms. The lowest BCUT2D eigenvalue weighted by Crippen LogP contribution is -2.01. The van der Waals surface area contributed by atoms with Crippen LogP contribution in [0.3, 0.4) is 0 Å². The smallest absolute Gasteiger partial charge is 0.197 e. The molecule has 6 nitrogen and oxygen atoms in total. The summed E-state index contributed by atoms with van der Waals surface area (Å²) < 4.78 is 5.64. The third-order valence-electron chi connectivity index (χ3n) is 4.10. The Bertz CT molecular complexity index is 1210. The second-order valence-electron chi connectivity index (χ2n) is 5.63. The van der Waals surface area contributed by atoms with Crippen LogP contribution in [-0.2, 0) is 0 Å². The summed E-state index contributed by atoms with van der Waals surface area (Å²) in [5.74, 6) is -1.12. The molecule has 1 heterocycles. The molecule has 4 rings (SSSR count). The number of fused-ring (bicyclic) bond motifs is 2. The van der Waals surface area contributed by atoms with Crippen LogP contribution in [0.2, 0.25) is 0 Å². The van der Waals surface area contributed by atoms with Crippen molar-refractivity contribution in [2.75, 3.05) is 0 Å². The molecule has 0 unspecified atom stereocenters. The number of aromatic hydroxyl groups is 4. The minimum atomic E-state index is -0.539. The van der Waals surface area contributed by atoms with Crippen LogP contribution >= 0.6 is 0 Å². The normalized spacial score (nSPS) is 11.2. The highest BCUT2D eigenvalue weighted by Crippen LogP contribution is 2.41. The lowest BCUT2D eigenvalue weighted by Gasteiger charge is -2.10. The zero-order chi connectivity index (χ0) is 17.7. The zero-order valence-electron chi connectivity index (χ0n) is 12.7. The largest absolute Gasteiger partial charge is 0.506 e. The molecule has 0 amide bonds. The Kier molecular flexibility index (Phi) is 3.08. The van der Waals surface area contributed by atoms with Crippen LogP contribution in [0.5, 0.6) is 23.0 Å². The molecule has 3 aromatic carbocycles. The molecule has 0 aliphatic rings. The Balaban J connectivity index is 2.11. The number of rotatable bonds is 1. The van der Waals surface area contributed by atoms with Gasteiger partial charge in [-0.15, -0.1) is 0 Å². The fourth-order valence-corrected chi connectivity index (χ4v) is 2.86. The van der Waals surface area contributed by atoms with E-state index in [4.69, 9.17) is 4.42 Å². The van der Waals surface area contributed by atoms with Crippen molar-refractivity contribution in [1.29, 1.82) is 0 Å². The lowest BCUT2D eigenvalue weighted by molar-refractivity contribution is 0.404. The molecular weight excluding hydrogens is 324 g/mol. The maximum Gasteiger partial charge on any atom is 0.197 e. The van der Waals surface area contributed by atoms with Crippen molar-refractivity contribution < 1.29 is 24.8 Å². The highest BCUT2D eigenvalue weighted by molar-refractivity contribution is 6.08. The molecule has 1 aromatic heterocycles. The first-order chi connectivity index (χ1) is 12.0. The fourth-order valence-electron chi connectivity index (χ4n) is 2.86. The van der Waals surface area contributed by atoms with Crippen molar-refractivity contribution in [2.24, 2.45) is 0 Å². The minimum absolute atomic E-state index is 0.0813. The van der Waals surface area contributed by atoms with Gasteiger partial charge in [0.15, 0.2) is 28.3 Å². The monoisotopic (exact) mass is 336 g/mol. The Labute approximate surface area is 140 Å². The zero-order valence-corrected chi connectivity index (χ0v) is 12.7. The van der Waals surface area contributed by atoms with Gasteiger partial charge in [-0.05, 0) is 18.2 Å². The Morgan fingerprint density at radius 3 is 2.12 bits per heavy atom. The molecule has 0 radical (unpaired) electrons. The molecule has 0 atom stereocenters. The van der Waals surface area contributed by atoms with Crippen molar-refractivity contribution in [3.05, 3.63) is 58.8 Å². The van der Waals surface area contributed by atoms with Crippen LogP contribution in [0.4, 0.5) is 0 Å². The van der Waals surface area contributed by atoms with Gasteiger partial charge >= 0.3 is 0 Å². The van der Waals surface area contributed by atoms with Gasteiger partial charge in [-0.1, -0.05) is 24.3 Å². The van der Waals surface area contributed by atoms with E-state index in [1.165, 1.54) is 18.2 Å². The van der Waals surface area contributed by atoms with Gasteiger partial charge in [0, 0.05) is 22.4 Å². The van der Waals surface area contributed by atoms with Crippen molar-refractivity contribution in [1.82, 2.24) is 0 Å². The predicted octanol–water partition coefficient (Wildman–Crippen LogP) is 3.44. The maximum absolute atomic E-state index is 12.5. The van der Waals surface area contributed by atoms with E-state index in [9.17, 15) is 25.2 Å². The summed E-state index contributed by atoms with van der Waals surface area (Å²) in [4.78, 5) is 12.5. The molecule has 0 spiro atoms. The van der Waals surface area contributed by atoms with E-state index in [-0.39, 0.29) is 39.7 Å². The average Bonchev–Trinajstić information content (AvgIpc) is 2.61. The first kappa shape index (κ1) is 14.9. The Hall–Kier alpha value is -3.67. The molecule has 6 heteroatoms. The van der Waals surface area contributed by atoms with Crippen LogP contribution in [0.25, 0.3) is 33.1 Å². The third kappa shape index (κ3) is 2.15. The van der Waals surface area contributed by atoms with Gasteiger partial charge in [-0.25, -0.2) is 0 Å². The standard InChI is InChI=1S/C19H12O6/c20-12-6-5-9(7-13(12)21)15-8-14(22)16-17(23)10-3-1-2-4-11(10)18(24)19(16)25-15/h1-8,20-21,23-24H. The number of phenolic OH excluding ortho intramolecular Hbond substituents is 4. The van der Waals surface area contributed by atoms with Gasteiger partial charge in [-0.2, -0.15) is 0 Å². The first-order valence-corrected chi connectivity index (χ1v) is 7.40. The second-order valence-corrected chi connectivity index (χ2v) is 5.63. The molecular formula is C19H12O6. The highest BCUT2D eigenvalue weighted by Gasteiger charge is 2.19. The number of phenols is 4. The van der Waals surface area contributed by atoms with Crippen LogP contribution < -0.4 is 5.43 Å². The lowest BCUT2D eigenvalue weighted by atomic mass is 10.0. The summed E-state index contributed by atoms with van der Waals surface area (Å²) in [7, 11) is 0. The summed E-state index contributed by atoms with van der Waals surface area (Å²) in [6, 6.07) is 11.7. The van der Waals surface area contributed by atoms with E-state index in [1.54, 1.807) is 24.3 Å². The average molecular weight is 336 g/mol. The van der Waals surface area contributed by atoms with Crippen molar-refractivity contribution >= 4 is 21.7 Å². The summed E-state index contributed by atoms with van der Waals surface area (Å²) in [6.45, 7) is 0. The van der Waals surface area contributed by atoms with E-state index >= 15 is 0 Å². The number of hydrogen-bond acceptors (Lipinski definition) is 6. The topological polar surface area (TPSA) is 111 Å². The summed E-state index contributed by atoms with van der Waals surface area (Å²) >= 11 is 0. The van der Waals surface area contributed by atoms with Gasteiger partial charge in [0.2, 0.25) is 0 Å². The van der Waals surface area contributed by atoms with E-state index in [1.807, 2.05) is 0 Å². The third-order valence-corrected chi connectivity index (χ3v) is 4.10. The van der Waals surface area contributed by atoms with E-state index in [0.29, 0.717) is 16.3 Å². The molecule has 0 aliphatic carbocycles. The predicted molar refractivity (Wildman–Crippen MR) is 92.1 cm³/mol. The van der Waals surface area contributed by atoms with Crippen molar-refractivity contribution in [3.63, 3.8) is 0 Å². The van der Waals surface area contributed by atoms with Crippen LogP contribution in [0.15, 0.2) is 57.7 Å². The second kappa shape index (κ2) is 5.17. The highest BCUT2D eigenvalue weighted by atomic mass is 16.4. The quantitative estimate of drug-likeness (QED) is 0.241. The number of hydrogen-bond donors (Lipinski definition) is 4. The molecule has 0 saturated heterocycles. The molecule has 0 saturated carbocycles. The minimum Gasteiger partial charge on any atom is -0.506 e. The van der Waals surface area contributed by atoms with Crippen LogP contribution in [-0.4, -0.2) is 20.4 Å². The molecule has 0 fully saturated rings. The number of benzene rings is 3. The SMILES string of the molecule is O=c1cc(-c2ccc(O)c(O)c2)oc2c(O)c3ccccc3c(O)c12. The molecule has 4 N–H and O–H groups in total. The van der Waals surface area contributed by atoms with Gasteiger partial charge in [0.1, 0.15) is 16.9 Å². The van der Waals surface area contributed by atoms with E-state index in [2.05, 4.69) is 0 Å².